The van der Waals surface area contributed by atoms with Crippen LogP contribution < -0.4 is 15.8 Å². The van der Waals surface area contributed by atoms with Gasteiger partial charge in [-0.2, -0.15) is 4.98 Å². The van der Waals surface area contributed by atoms with Crippen molar-refractivity contribution in [2.45, 2.75) is 6.04 Å². The molecule has 1 aromatic heterocycles. The topological polar surface area (TPSA) is 89.4 Å². The van der Waals surface area contributed by atoms with Crippen molar-refractivity contribution in [3.8, 4) is 17.2 Å². The van der Waals surface area contributed by atoms with Gasteiger partial charge >= 0.3 is 0 Å². The van der Waals surface area contributed by atoms with E-state index in [9.17, 15) is 0 Å². The van der Waals surface area contributed by atoms with Gasteiger partial charge in [0.2, 0.25) is 0 Å². The number of benzene rings is 1. The molecule has 10 heteroatoms. The van der Waals surface area contributed by atoms with Crippen LogP contribution in [0.3, 0.4) is 0 Å². The summed E-state index contributed by atoms with van der Waals surface area (Å²) in [5, 5.41) is 7.85. The number of hydrogen-bond acceptors (Lipinski definition) is 7. The Kier molecular flexibility index (Phi) is 7.56. The van der Waals surface area contributed by atoms with Crippen molar-refractivity contribution >= 4 is 42.1 Å². The van der Waals surface area contributed by atoms with Gasteiger partial charge in [-0.05, 0) is 13.1 Å². The number of ether oxygens (including phenoxy) is 1. The van der Waals surface area contributed by atoms with Gasteiger partial charge in [-0.15, -0.1) is 24.8 Å². The summed E-state index contributed by atoms with van der Waals surface area (Å²) >= 11 is 6.08. The lowest BCUT2D eigenvalue weighted by atomic mass is 10.1. The van der Waals surface area contributed by atoms with Gasteiger partial charge in [0, 0.05) is 25.7 Å². The number of halogens is 3. The van der Waals surface area contributed by atoms with Crippen molar-refractivity contribution in [3.05, 3.63) is 23.0 Å². The zero-order valence-electron chi connectivity index (χ0n) is 13.3. The highest BCUT2D eigenvalue weighted by molar-refractivity contribution is 6.33. The first-order chi connectivity index (χ1) is 10.6. The van der Waals surface area contributed by atoms with Crippen LogP contribution in [0.2, 0.25) is 5.02 Å². The highest BCUT2D eigenvalue weighted by Crippen LogP contribution is 2.35. The lowest BCUT2D eigenvalue weighted by Crippen LogP contribution is -2.44. The normalized spacial score (nSPS) is 17.7. The lowest BCUT2D eigenvalue weighted by Gasteiger charge is -2.30. The number of nitrogens with one attached hydrogen (secondary N) is 1. The second kappa shape index (κ2) is 8.73. The van der Waals surface area contributed by atoms with E-state index in [-0.39, 0.29) is 30.9 Å². The maximum Gasteiger partial charge on any atom is 0.261 e. The molecule has 1 saturated heterocycles. The predicted molar refractivity (Wildman–Crippen MR) is 98.4 cm³/mol. The quantitative estimate of drug-likeness (QED) is 0.770. The Balaban J connectivity index is 0.00000144. The van der Waals surface area contributed by atoms with Gasteiger partial charge in [0.15, 0.2) is 5.82 Å². The summed E-state index contributed by atoms with van der Waals surface area (Å²) in [4.78, 5) is 6.69. The van der Waals surface area contributed by atoms with Crippen LogP contribution in [-0.4, -0.2) is 48.8 Å². The first-order valence-electron chi connectivity index (χ1n) is 6.98. The largest absolute Gasteiger partial charge is 0.496 e. The van der Waals surface area contributed by atoms with Crippen LogP contribution >= 0.6 is 36.4 Å². The minimum Gasteiger partial charge on any atom is -0.496 e. The zero-order valence-corrected chi connectivity index (χ0v) is 15.7. The van der Waals surface area contributed by atoms with Crippen LogP contribution in [0.1, 0.15) is 11.9 Å². The number of aromatic nitrogens is 2. The van der Waals surface area contributed by atoms with Gasteiger partial charge in [0.25, 0.3) is 5.89 Å². The maximum atomic E-state index is 6.08. The third kappa shape index (κ3) is 4.04. The SMILES string of the molecule is COc1cc(N)c(Cl)cc1-c1nc(C2CNCCN2C)no1.Cl.Cl. The first kappa shape index (κ1) is 20.8. The minimum atomic E-state index is 0. The average molecular weight is 397 g/mol. The molecule has 0 aliphatic carbocycles. The molecule has 1 aliphatic heterocycles. The lowest BCUT2D eigenvalue weighted by molar-refractivity contribution is 0.190. The number of piperazine rings is 1. The van der Waals surface area contributed by atoms with Crippen molar-refractivity contribution < 1.29 is 9.26 Å². The molecule has 3 rings (SSSR count). The van der Waals surface area contributed by atoms with Gasteiger partial charge < -0.3 is 20.3 Å². The number of hydrogen-bond donors (Lipinski definition) is 2. The van der Waals surface area contributed by atoms with Gasteiger partial charge in [-0.25, -0.2) is 0 Å². The second-order valence-corrected chi connectivity index (χ2v) is 5.64. The Morgan fingerprint density at radius 1 is 1.42 bits per heavy atom. The molecule has 7 nitrogen and oxygen atoms in total. The van der Waals surface area contributed by atoms with Gasteiger partial charge in [-0.3, -0.25) is 4.90 Å². The summed E-state index contributed by atoms with van der Waals surface area (Å²) in [6.45, 7) is 2.68. The summed E-state index contributed by atoms with van der Waals surface area (Å²) in [6, 6.07) is 3.41. The summed E-state index contributed by atoms with van der Waals surface area (Å²) < 4.78 is 10.7. The molecule has 0 radical (unpaired) electrons. The molecule has 24 heavy (non-hydrogen) atoms. The van der Waals surface area contributed by atoms with Crippen LogP contribution in [0.4, 0.5) is 5.69 Å². The Labute approximate surface area is 157 Å². The molecule has 3 N–H and O–H groups in total. The summed E-state index contributed by atoms with van der Waals surface area (Å²) in [6.07, 6.45) is 0. The Morgan fingerprint density at radius 2 is 2.17 bits per heavy atom. The average Bonchev–Trinajstić information content (AvgIpc) is 2.99. The molecule has 1 aliphatic rings. The maximum absolute atomic E-state index is 6.08. The molecule has 0 saturated carbocycles. The van der Waals surface area contributed by atoms with E-state index in [0.717, 1.165) is 19.6 Å². The number of methoxy groups -OCH3 is 1. The third-order valence-electron chi connectivity index (χ3n) is 3.80. The molecule has 0 spiro atoms. The number of rotatable bonds is 3. The molecule has 0 amide bonds. The van der Waals surface area contributed by atoms with Crippen LogP contribution in [0, 0.1) is 0 Å². The van der Waals surface area contributed by atoms with E-state index in [4.69, 9.17) is 26.6 Å². The van der Waals surface area contributed by atoms with Crippen molar-refractivity contribution in [2.24, 2.45) is 0 Å². The highest BCUT2D eigenvalue weighted by Gasteiger charge is 2.26. The molecule has 134 valence electrons. The molecule has 2 aromatic rings. The van der Waals surface area contributed by atoms with E-state index in [1.165, 1.54) is 0 Å². The fourth-order valence-corrected chi connectivity index (χ4v) is 2.64. The Morgan fingerprint density at radius 3 is 2.83 bits per heavy atom. The molecule has 1 fully saturated rings. The number of nitrogen functional groups attached to an aromatic ring is 1. The van der Waals surface area contributed by atoms with E-state index in [1.54, 1.807) is 19.2 Å². The Bertz CT molecular complexity index is 682. The second-order valence-electron chi connectivity index (χ2n) is 5.23. The van der Waals surface area contributed by atoms with Crippen LogP contribution in [0.25, 0.3) is 11.5 Å². The van der Waals surface area contributed by atoms with Crippen LogP contribution in [0.5, 0.6) is 5.75 Å². The van der Waals surface area contributed by atoms with E-state index >= 15 is 0 Å². The third-order valence-corrected chi connectivity index (χ3v) is 4.13. The molecular weight excluding hydrogens is 377 g/mol. The fraction of sp³-hybridized carbons (Fsp3) is 0.429. The van der Waals surface area contributed by atoms with Gasteiger partial charge in [0.05, 0.1) is 29.4 Å². The van der Waals surface area contributed by atoms with Gasteiger partial charge in [0.1, 0.15) is 5.75 Å². The number of likely N-dealkylation sites (N-methyl/N-ethyl adjacent to an activating group) is 1. The Hall–Kier alpha value is -1.25. The number of anilines is 1. The van der Waals surface area contributed by atoms with Crippen molar-refractivity contribution in [1.29, 1.82) is 0 Å². The zero-order chi connectivity index (χ0) is 15.7. The van der Waals surface area contributed by atoms with Crippen LogP contribution in [-0.2, 0) is 0 Å². The highest BCUT2D eigenvalue weighted by atomic mass is 35.5. The summed E-state index contributed by atoms with van der Waals surface area (Å²) in [5.41, 5.74) is 6.86. The van der Waals surface area contributed by atoms with E-state index in [2.05, 4.69) is 20.4 Å². The molecule has 1 atom stereocenters. The summed E-state index contributed by atoms with van der Waals surface area (Å²) in [7, 11) is 3.60. The number of nitrogens with zero attached hydrogens (tertiary/aromatic N) is 3. The predicted octanol–water partition coefficient (Wildman–Crippen LogP) is 2.40. The molecule has 2 heterocycles. The van der Waals surface area contributed by atoms with Gasteiger partial charge in [-0.1, -0.05) is 16.8 Å². The molecule has 0 bridgehead atoms. The molecule has 1 aromatic carbocycles. The smallest absolute Gasteiger partial charge is 0.261 e. The first-order valence-corrected chi connectivity index (χ1v) is 7.36. The minimum absolute atomic E-state index is 0. The fourth-order valence-electron chi connectivity index (χ4n) is 2.48. The number of nitrogens with two attached hydrogens (primary N) is 1. The van der Waals surface area contributed by atoms with Crippen molar-refractivity contribution in [1.82, 2.24) is 20.4 Å². The molecular formula is C14H20Cl3N5O2. The van der Waals surface area contributed by atoms with E-state index in [0.29, 0.717) is 33.7 Å². The standard InChI is InChI=1S/C14H18ClN5O2.2ClH/c1-20-4-3-17-7-11(20)13-18-14(22-19-13)8-5-9(15)10(16)6-12(8)21-2;;/h5-6,11,17H,3-4,7,16H2,1-2H3;2*1H. The van der Waals surface area contributed by atoms with E-state index < -0.39 is 0 Å². The monoisotopic (exact) mass is 395 g/mol. The molecule has 1 unspecified atom stereocenters. The van der Waals surface area contributed by atoms with E-state index in [1.807, 2.05) is 7.05 Å². The van der Waals surface area contributed by atoms with Crippen molar-refractivity contribution in [2.75, 3.05) is 39.5 Å². The van der Waals surface area contributed by atoms with Crippen LogP contribution in [0.15, 0.2) is 16.7 Å². The van der Waals surface area contributed by atoms with Crippen molar-refractivity contribution in [3.63, 3.8) is 0 Å². The summed E-state index contributed by atoms with van der Waals surface area (Å²) in [5.74, 6) is 1.56.